The summed E-state index contributed by atoms with van der Waals surface area (Å²) in [5, 5.41) is 20.8. The molecule has 0 heterocycles. The number of carbonyl (C=O) groups is 3. The van der Waals surface area contributed by atoms with Gasteiger partial charge < -0.3 is 15.5 Å². The molecule has 1 aromatic carbocycles. The van der Waals surface area contributed by atoms with Gasteiger partial charge in [-0.25, -0.2) is 4.79 Å². The number of carbonyl (C=O) groups excluding carboxylic acids is 1. The van der Waals surface area contributed by atoms with E-state index in [9.17, 15) is 14.4 Å². The van der Waals surface area contributed by atoms with Crippen molar-refractivity contribution in [3.05, 3.63) is 29.3 Å². The zero-order valence-electron chi connectivity index (χ0n) is 11.6. The number of aromatic carboxylic acids is 1. The van der Waals surface area contributed by atoms with E-state index in [-0.39, 0.29) is 11.5 Å². The highest BCUT2D eigenvalue weighted by molar-refractivity contribution is 5.98. The summed E-state index contributed by atoms with van der Waals surface area (Å²) in [5.74, 6) is -3.59. The molecule has 0 unspecified atom stereocenters. The van der Waals surface area contributed by atoms with Crippen LogP contribution >= 0.6 is 0 Å². The topological polar surface area (TPSA) is 104 Å². The van der Waals surface area contributed by atoms with E-state index in [4.69, 9.17) is 10.2 Å². The highest BCUT2D eigenvalue weighted by Gasteiger charge is 2.37. The average molecular weight is 291 g/mol. The molecule has 0 aromatic heterocycles. The maximum atomic E-state index is 12.2. The first kappa shape index (κ1) is 15.0. The molecule has 1 aliphatic rings. The number of amides is 1. The van der Waals surface area contributed by atoms with Crippen molar-refractivity contribution in [3.8, 4) is 0 Å². The monoisotopic (exact) mass is 291 g/mol. The predicted octanol–water partition coefficient (Wildman–Crippen LogP) is 2.13. The number of rotatable bonds is 4. The van der Waals surface area contributed by atoms with Crippen LogP contribution in [0.2, 0.25) is 0 Å². The predicted molar refractivity (Wildman–Crippen MR) is 75.2 cm³/mol. The molecule has 6 heteroatoms. The second-order valence-corrected chi connectivity index (χ2v) is 5.25. The first-order chi connectivity index (χ1) is 9.91. The SMILES string of the molecule is Cc1c(NC(=O)[C@@H]2CCC[C@@H]2C(=O)O)cccc1C(=O)O. The third-order valence-corrected chi connectivity index (χ3v) is 3.99. The van der Waals surface area contributed by atoms with Crippen LogP contribution in [0, 0.1) is 18.8 Å². The Morgan fingerprint density at radius 1 is 1.14 bits per heavy atom. The van der Waals surface area contributed by atoms with Crippen LogP contribution < -0.4 is 5.32 Å². The van der Waals surface area contributed by atoms with Gasteiger partial charge in [-0.15, -0.1) is 0 Å². The standard InChI is InChI=1S/C15H17NO5/c1-8-9(14(18)19)4-3-7-12(8)16-13(17)10-5-2-6-11(10)15(20)21/h3-4,7,10-11H,2,5-6H2,1H3,(H,16,17)(H,18,19)(H,20,21)/t10-,11+/m1/s1. The molecule has 112 valence electrons. The fraction of sp³-hybridized carbons (Fsp3) is 0.400. The molecular formula is C15H17NO5. The van der Waals surface area contributed by atoms with E-state index < -0.39 is 23.8 Å². The van der Waals surface area contributed by atoms with Crippen LogP contribution in [0.15, 0.2) is 18.2 Å². The molecular weight excluding hydrogens is 274 g/mol. The molecule has 1 amide bonds. The summed E-state index contributed by atoms with van der Waals surface area (Å²) in [7, 11) is 0. The molecule has 0 bridgehead atoms. The summed E-state index contributed by atoms with van der Waals surface area (Å²) in [6.07, 6.45) is 1.76. The van der Waals surface area contributed by atoms with Gasteiger partial charge >= 0.3 is 11.9 Å². The van der Waals surface area contributed by atoms with Gasteiger partial charge in [-0.3, -0.25) is 9.59 Å². The largest absolute Gasteiger partial charge is 0.481 e. The van der Waals surface area contributed by atoms with E-state index in [2.05, 4.69) is 5.32 Å². The molecule has 1 fully saturated rings. The smallest absolute Gasteiger partial charge is 0.336 e. The third kappa shape index (κ3) is 3.04. The lowest BCUT2D eigenvalue weighted by Gasteiger charge is -2.17. The summed E-state index contributed by atoms with van der Waals surface area (Å²) >= 11 is 0. The van der Waals surface area contributed by atoms with Gasteiger partial charge in [-0.05, 0) is 37.5 Å². The molecule has 21 heavy (non-hydrogen) atoms. The molecule has 2 atom stereocenters. The Balaban J connectivity index is 2.18. The van der Waals surface area contributed by atoms with Crippen LogP contribution in [-0.2, 0) is 9.59 Å². The van der Waals surface area contributed by atoms with Gasteiger partial charge in [0.25, 0.3) is 0 Å². The molecule has 6 nitrogen and oxygen atoms in total. The van der Waals surface area contributed by atoms with Crippen LogP contribution in [0.4, 0.5) is 5.69 Å². The Kier molecular flexibility index (Phi) is 4.26. The fourth-order valence-electron chi connectivity index (χ4n) is 2.80. The number of carboxylic acids is 2. The number of anilines is 1. The van der Waals surface area contributed by atoms with Crippen LogP contribution in [0.5, 0.6) is 0 Å². The number of carboxylic acid groups (broad SMARTS) is 2. The van der Waals surface area contributed by atoms with E-state index in [1.807, 2.05) is 0 Å². The fourth-order valence-corrected chi connectivity index (χ4v) is 2.80. The first-order valence-electron chi connectivity index (χ1n) is 6.78. The third-order valence-electron chi connectivity index (χ3n) is 3.99. The van der Waals surface area contributed by atoms with Crippen LogP contribution in [-0.4, -0.2) is 28.1 Å². The summed E-state index contributed by atoms with van der Waals surface area (Å²) in [6.45, 7) is 1.61. The molecule has 0 spiro atoms. The van der Waals surface area contributed by atoms with Crippen molar-refractivity contribution in [3.63, 3.8) is 0 Å². The highest BCUT2D eigenvalue weighted by Crippen LogP contribution is 2.33. The van der Waals surface area contributed by atoms with E-state index in [1.165, 1.54) is 6.07 Å². The Hall–Kier alpha value is -2.37. The lowest BCUT2D eigenvalue weighted by molar-refractivity contribution is -0.145. The average Bonchev–Trinajstić information content (AvgIpc) is 2.90. The molecule has 2 rings (SSSR count). The second kappa shape index (κ2) is 5.95. The lowest BCUT2D eigenvalue weighted by Crippen LogP contribution is -2.30. The minimum Gasteiger partial charge on any atom is -0.481 e. The minimum absolute atomic E-state index is 0.119. The number of hydrogen-bond acceptors (Lipinski definition) is 3. The maximum absolute atomic E-state index is 12.2. The molecule has 1 aliphatic carbocycles. The summed E-state index contributed by atoms with van der Waals surface area (Å²) < 4.78 is 0. The van der Waals surface area contributed by atoms with E-state index >= 15 is 0 Å². The normalized spacial score (nSPS) is 21.0. The molecule has 1 aromatic rings. The van der Waals surface area contributed by atoms with Crippen LogP contribution in [0.1, 0.15) is 35.2 Å². The van der Waals surface area contributed by atoms with Gasteiger partial charge in [0.15, 0.2) is 0 Å². The quantitative estimate of drug-likeness (QED) is 0.788. The number of aliphatic carboxylic acids is 1. The van der Waals surface area contributed by atoms with E-state index in [0.717, 1.165) is 0 Å². The summed E-state index contributed by atoms with van der Waals surface area (Å²) in [6, 6.07) is 4.63. The van der Waals surface area contributed by atoms with Crippen molar-refractivity contribution in [2.24, 2.45) is 11.8 Å². The molecule has 0 saturated heterocycles. The Labute approximate surface area is 121 Å². The molecule has 0 radical (unpaired) electrons. The van der Waals surface area contributed by atoms with Crippen LogP contribution in [0.3, 0.4) is 0 Å². The number of nitrogens with one attached hydrogen (secondary N) is 1. The molecule has 3 N–H and O–H groups in total. The maximum Gasteiger partial charge on any atom is 0.336 e. The van der Waals surface area contributed by atoms with Gasteiger partial charge in [0.2, 0.25) is 5.91 Å². The van der Waals surface area contributed by atoms with Crippen molar-refractivity contribution in [1.29, 1.82) is 0 Å². The van der Waals surface area contributed by atoms with E-state index in [1.54, 1.807) is 19.1 Å². The van der Waals surface area contributed by atoms with Crippen molar-refractivity contribution in [2.75, 3.05) is 5.32 Å². The van der Waals surface area contributed by atoms with E-state index in [0.29, 0.717) is 30.5 Å². The van der Waals surface area contributed by atoms with Crippen LogP contribution in [0.25, 0.3) is 0 Å². The van der Waals surface area contributed by atoms with Crippen molar-refractivity contribution >= 4 is 23.5 Å². The van der Waals surface area contributed by atoms with Crippen molar-refractivity contribution < 1.29 is 24.6 Å². The molecule has 0 aliphatic heterocycles. The minimum atomic E-state index is -1.06. The summed E-state index contributed by atoms with van der Waals surface area (Å²) in [5.41, 5.74) is 0.994. The van der Waals surface area contributed by atoms with Gasteiger partial charge in [-0.1, -0.05) is 12.5 Å². The van der Waals surface area contributed by atoms with Crippen molar-refractivity contribution in [2.45, 2.75) is 26.2 Å². The first-order valence-corrected chi connectivity index (χ1v) is 6.78. The Bertz CT molecular complexity index is 596. The van der Waals surface area contributed by atoms with Crippen molar-refractivity contribution in [1.82, 2.24) is 0 Å². The second-order valence-electron chi connectivity index (χ2n) is 5.25. The van der Waals surface area contributed by atoms with Gasteiger partial charge in [0.1, 0.15) is 0 Å². The Morgan fingerprint density at radius 3 is 2.43 bits per heavy atom. The number of hydrogen-bond donors (Lipinski definition) is 3. The van der Waals surface area contributed by atoms with Gasteiger partial charge in [-0.2, -0.15) is 0 Å². The highest BCUT2D eigenvalue weighted by atomic mass is 16.4. The number of benzene rings is 1. The lowest BCUT2D eigenvalue weighted by atomic mass is 9.95. The van der Waals surface area contributed by atoms with Gasteiger partial charge in [0, 0.05) is 5.69 Å². The zero-order valence-corrected chi connectivity index (χ0v) is 11.6. The zero-order chi connectivity index (χ0) is 15.6. The summed E-state index contributed by atoms with van der Waals surface area (Å²) in [4.78, 5) is 34.4. The Morgan fingerprint density at radius 2 is 1.81 bits per heavy atom. The van der Waals surface area contributed by atoms with Gasteiger partial charge in [0.05, 0.1) is 17.4 Å². The molecule has 1 saturated carbocycles.